The van der Waals surface area contributed by atoms with Crippen LogP contribution in [0.3, 0.4) is 0 Å². The smallest absolute Gasteiger partial charge is 0.142 e. The van der Waals surface area contributed by atoms with Crippen LogP contribution in [-0.4, -0.2) is 32.3 Å². The Balaban J connectivity index is 1.99. The minimum atomic E-state index is -2.04. The molecule has 5 aromatic rings. The average molecular weight is 908 g/mol. The van der Waals surface area contributed by atoms with Gasteiger partial charge in [-0.05, 0) is 68.3 Å². The maximum Gasteiger partial charge on any atom is 0.146 e. The zero-order valence-electron chi connectivity index (χ0n) is 38.6. The molecule has 0 saturated heterocycles. The lowest BCUT2D eigenvalue weighted by molar-refractivity contribution is 0.838. The summed E-state index contributed by atoms with van der Waals surface area (Å²) in [6, 6.07) is 9.35. The molecule has 4 heterocycles. The van der Waals surface area contributed by atoms with Gasteiger partial charge in [-0.15, -0.1) is 67.5 Å². The monoisotopic (exact) mass is 906 g/mol. The lowest BCUT2D eigenvalue weighted by Gasteiger charge is -2.38. The number of thiophene rings is 4. The van der Waals surface area contributed by atoms with E-state index in [0.29, 0.717) is 33.2 Å². The second-order valence-corrected chi connectivity index (χ2v) is 44.7. The zero-order valence-corrected chi connectivity index (χ0v) is 45.8. The van der Waals surface area contributed by atoms with E-state index in [9.17, 15) is 0 Å². The molecule has 8 heteroatoms. The molecular formula is C50H66S4Si4. The van der Waals surface area contributed by atoms with Crippen LogP contribution in [0.15, 0.2) is 35.0 Å². The van der Waals surface area contributed by atoms with E-state index in [1.165, 1.54) is 50.8 Å². The fourth-order valence-corrected chi connectivity index (χ4v) is 24.9. The van der Waals surface area contributed by atoms with E-state index >= 15 is 0 Å². The van der Waals surface area contributed by atoms with Gasteiger partial charge in [-0.25, -0.2) is 0 Å². The third-order valence-electron chi connectivity index (χ3n) is 11.9. The number of hydrogen-bond acceptors (Lipinski definition) is 4. The summed E-state index contributed by atoms with van der Waals surface area (Å²) in [5.74, 6) is 15.4. The molecule has 0 radical (unpaired) electrons. The molecule has 0 aliphatic heterocycles. The SMILES string of the molecule is CC(C)[Si](C#Cc1c2cc(-c3sccc3C#C[Si](C)(C)C)sc2c(C#C[Si](C(C)C)(C(C)C)C(C)C)c2cc(-c3sccc3C#C[Si](C)(C)C)sc12)(C(C)C)C(C)C. The molecule has 0 saturated carbocycles. The van der Waals surface area contributed by atoms with Gasteiger partial charge in [-0.3, -0.25) is 0 Å². The molecule has 0 nitrogen and oxygen atoms in total. The van der Waals surface area contributed by atoms with E-state index in [1.807, 2.05) is 45.3 Å². The molecule has 0 N–H and O–H groups in total. The van der Waals surface area contributed by atoms with Crippen LogP contribution < -0.4 is 0 Å². The molecule has 4 aromatic heterocycles. The summed E-state index contributed by atoms with van der Waals surface area (Å²) in [7, 11) is -7.21. The lowest BCUT2D eigenvalue weighted by Crippen LogP contribution is -2.43. The summed E-state index contributed by atoms with van der Waals surface area (Å²) in [6.45, 7) is 43.0. The standard InChI is InChI=1S/C50H66S4Si4/c1-33(2)57(34(3)4,35(5)6)29-23-41-43-31-45(47-39(19-25-51-47)21-27-55(13,14)15)54-50(43)42(24-30-58(36(7)8,37(9)10)38(11)12)44-32-46(53-49(41)44)48-40(20-26-52-48)22-28-56(16,17)18/h19-20,25-26,31-38H,1-18H3. The highest BCUT2D eigenvalue weighted by Crippen LogP contribution is 2.49. The first-order valence-corrected chi connectivity index (χ1v) is 36.1. The van der Waals surface area contributed by atoms with Crippen LogP contribution in [0.25, 0.3) is 39.7 Å². The van der Waals surface area contributed by atoms with Crippen molar-refractivity contribution in [3.63, 3.8) is 0 Å². The summed E-state index contributed by atoms with van der Waals surface area (Å²) in [5.41, 5.74) is 23.6. The van der Waals surface area contributed by atoms with Gasteiger partial charge in [0.25, 0.3) is 0 Å². The predicted molar refractivity (Wildman–Crippen MR) is 280 cm³/mol. The molecule has 5 rings (SSSR count). The minimum absolute atomic E-state index is 0.548. The van der Waals surface area contributed by atoms with Gasteiger partial charge < -0.3 is 0 Å². The van der Waals surface area contributed by atoms with Gasteiger partial charge in [0.2, 0.25) is 0 Å². The molecule has 0 fully saturated rings. The van der Waals surface area contributed by atoms with Gasteiger partial charge in [0, 0.05) is 31.7 Å². The Morgan fingerprint density at radius 1 is 0.431 bits per heavy atom. The quantitative estimate of drug-likeness (QED) is 0.107. The van der Waals surface area contributed by atoms with Crippen molar-refractivity contribution < 1.29 is 0 Å². The van der Waals surface area contributed by atoms with E-state index < -0.39 is 32.3 Å². The maximum absolute atomic E-state index is 4.18. The highest BCUT2D eigenvalue weighted by Gasteiger charge is 2.43. The molecule has 0 unspecified atom stereocenters. The van der Waals surface area contributed by atoms with Crippen LogP contribution in [-0.2, 0) is 0 Å². The number of benzene rings is 1. The van der Waals surface area contributed by atoms with Gasteiger partial charge in [-0.1, -0.05) is 146 Å². The molecule has 0 aliphatic carbocycles. The Morgan fingerprint density at radius 2 is 0.741 bits per heavy atom. The van der Waals surface area contributed by atoms with Crippen LogP contribution in [0.2, 0.25) is 72.5 Å². The maximum atomic E-state index is 4.18. The number of fused-ring (bicyclic) bond motifs is 2. The number of hydrogen-bond donors (Lipinski definition) is 0. The summed E-state index contributed by atoms with van der Waals surface area (Å²) >= 11 is 7.44. The zero-order chi connectivity index (χ0) is 43.1. The Morgan fingerprint density at radius 3 is 1.02 bits per heavy atom. The highest BCUT2D eigenvalue weighted by molar-refractivity contribution is 7.27. The minimum Gasteiger partial charge on any atom is -0.142 e. The fraction of sp³-hybridized carbons (Fsp3) is 0.480. The third kappa shape index (κ3) is 9.42. The molecular weight excluding hydrogens is 841 g/mol. The molecule has 0 aliphatic rings. The topological polar surface area (TPSA) is 0 Å². The van der Waals surface area contributed by atoms with E-state index in [4.69, 9.17) is 0 Å². The normalized spacial score (nSPS) is 12.7. The first-order valence-electron chi connectivity index (χ1n) is 21.3. The van der Waals surface area contributed by atoms with Crippen molar-refractivity contribution in [2.24, 2.45) is 0 Å². The van der Waals surface area contributed by atoms with E-state index in [-0.39, 0.29) is 0 Å². The van der Waals surface area contributed by atoms with Crippen molar-refractivity contribution in [3.8, 4) is 65.4 Å². The van der Waals surface area contributed by atoms with E-state index in [1.54, 1.807) is 0 Å². The van der Waals surface area contributed by atoms with Crippen LogP contribution in [0, 0.1) is 45.9 Å². The van der Waals surface area contributed by atoms with Crippen molar-refractivity contribution in [2.75, 3.05) is 0 Å². The van der Waals surface area contributed by atoms with Crippen molar-refractivity contribution in [1.82, 2.24) is 0 Å². The molecule has 58 heavy (non-hydrogen) atoms. The number of rotatable bonds is 8. The second kappa shape index (κ2) is 17.9. The first kappa shape index (κ1) is 46.7. The molecule has 0 atom stereocenters. The second-order valence-electron chi connectivity index (χ2n) is 20.1. The summed E-state index contributed by atoms with van der Waals surface area (Å²) in [6.07, 6.45) is 0. The summed E-state index contributed by atoms with van der Waals surface area (Å²) in [5, 5.41) is 6.94. The Hall–Kier alpha value is -2.35. The third-order valence-corrected chi connectivity index (χ3v) is 30.7. The van der Waals surface area contributed by atoms with Crippen molar-refractivity contribution in [3.05, 3.63) is 57.3 Å². The van der Waals surface area contributed by atoms with Crippen molar-refractivity contribution in [1.29, 1.82) is 0 Å². The van der Waals surface area contributed by atoms with Gasteiger partial charge in [0.15, 0.2) is 0 Å². The van der Waals surface area contributed by atoms with E-state index in [2.05, 4.69) is 203 Å². The molecule has 0 bridgehead atoms. The average Bonchev–Trinajstić information content (AvgIpc) is 3.91. The van der Waals surface area contributed by atoms with Gasteiger partial charge in [0.1, 0.15) is 32.3 Å². The van der Waals surface area contributed by atoms with Crippen LogP contribution in [0.1, 0.15) is 105 Å². The molecule has 0 amide bonds. The Kier molecular flexibility index (Phi) is 14.4. The fourth-order valence-electron chi connectivity index (χ4n) is 9.16. The van der Waals surface area contributed by atoms with Crippen LogP contribution in [0.4, 0.5) is 0 Å². The molecule has 0 spiro atoms. The van der Waals surface area contributed by atoms with Crippen LogP contribution >= 0.6 is 45.3 Å². The summed E-state index contributed by atoms with van der Waals surface area (Å²) in [4.78, 5) is 5.08. The molecule has 306 valence electrons. The first-order chi connectivity index (χ1) is 26.9. The van der Waals surface area contributed by atoms with Crippen molar-refractivity contribution in [2.45, 2.75) is 156 Å². The van der Waals surface area contributed by atoms with Gasteiger partial charge >= 0.3 is 0 Å². The van der Waals surface area contributed by atoms with Gasteiger partial charge in [-0.2, -0.15) is 0 Å². The summed E-state index contributed by atoms with van der Waals surface area (Å²) < 4.78 is 2.55. The Labute approximate surface area is 373 Å². The lowest BCUT2D eigenvalue weighted by atomic mass is 10.0. The molecule has 1 aromatic carbocycles. The van der Waals surface area contributed by atoms with Crippen LogP contribution in [0.5, 0.6) is 0 Å². The van der Waals surface area contributed by atoms with Gasteiger partial charge in [0.05, 0.1) is 30.3 Å². The van der Waals surface area contributed by atoms with Crippen molar-refractivity contribution >= 4 is 97.8 Å². The predicted octanol–water partition coefficient (Wildman–Crippen LogP) is 17.2. The Bertz CT molecular complexity index is 2260. The largest absolute Gasteiger partial charge is 0.146 e. The van der Waals surface area contributed by atoms with E-state index in [0.717, 1.165) is 11.1 Å². The highest BCUT2D eigenvalue weighted by atomic mass is 32.1.